The molecular weight excluding hydrogens is 1050 g/mol. The maximum atomic E-state index is 14.8. The number of amides is 11. The third kappa shape index (κ3) is 20.4. The molecule has 80 heavy (non-hydrogen) atoms. The number of carbonyl (C=O) groups is 12. The summed E-state index contributed by atoms with van der Waals surface area (Å²) < 4.78 is 0. The number of carbonyl (C=O) groups excluding carboxylic acids is 11. The first-order valence-electron chi connectivity index (χ1n) is 25.8. The quantitative estimate of drug-likeness (QED) is 0.0176. The van der Waals surface area contributed by atoms with E-state index < -0.39 is 157 Å². The van der Waals surface area contributed by atoms with Crippen LogP contribution in [0.5, 0.6) is 0 Å². The average molecular weight is 1130 g/mol. The third-order valence-electron chi connectivity index (χ3n) is 13.2. The Bertz CT molecular complexity index is 2590. The fourth-order valence-corrected chi connectivity index (χ4v) is 8.54. The lowest BCUT2D eigenvalue weighted by Gasteiger charge is -2.32. The molecular formula is C49H76N16O15. The molecule has 1 aromatic carbocycles. The van der Waals surface area contributed by atoms with Gasteiger partial charge in [0, 0.05) is 49.5 Å². The van der Waals surface area contributed by atoms with Gasteiger partial charge in [-0.25, -0.2) is 4.79 Å². The van der Waals surface area contributed by atoms with E-state index in [4.69, 9.17) is 34.4 Å². The van der Waals surface area contributed by atoms with Gasteiger partial charge in [0.25, 0.3) is 0 Å². The van der Waals surface area contributed by atoms with E-state index in [0.29, 0.717) is 22.9 Å². The van der Waals surface area contributed by atoms with E-state index in [1.165, 1.54) is 11.8 Å². The van der Waals surface area contributed by atoms with Crippen LogP contribution in [0.2, 0.25) is 0 Å². The maximum absolute atomic E-state index is 14.8. The van der Waals surface area contributed by atoms with E-state index in [1.807, 2.05) is 0 Å². The van der Waals surface area contributed by atoms with Crippen molar-refractivity contribution in [3.05, 3.63) is 36.0 Å². The Kier molecular flexibility index (Phi) is 26.2. The second-order valence-electron chi connectivity index (χ2n) is 19.4. The molecule has 1 aliphatic heterocycles. The molecule has 0 spiro atoms. The summed E-state index contributed by atoms with van der Waals surface area (Å²) in [6.07, 6.45) is -1.81. The summed E-state index contributed by atoms with van der Waals surface area (Å²) in [7, 11) is 0. The molecule has 2 aromatic rings. The van der Waals surface area contributed by atoms with Gasteiger partial charge >= 0.3 is 5.97 Å². The molecule has 1 aliphatic rings. The van der Waals surface area contributed by atoms with Gasteiger partial charge in [0.1, 0.15) is 42.3 Å². The number of nitrogens with one attached hydrogen (secondary N) is 8. The fourth-order valence-electron chi connectivity index (χ4n) is 8.54. The zero-order valence-electron chi connectivity index (χ0n) is 44.7. The highest BCUT2D eigenvalue weighted by Crippen LogP contribution is 2.24. The molecule has 0 radical (unpaired) electrons. The van der Waals surface area contributed by atoms with Gasteiger partial charge < -0.3 is 96.8 Å². The number of rotatable bonds is 34. The summed E-state index contributed by atoms with van der Waals surface area (Å²) in [4.78, 5) is 167. The van der Waals surface area contributed by atoms with Crippen LogP contribution in [0.3, 0.4) is 0 Å². The molecule has 31 heteroatoms. The van der Waals surface area contributed by atoms with Gasteiger partial charge in [-0.1, -0.05) is 38.5 Å². The Hall–Kier alpha value is -8.45. The number of guanidine groups is 1. The van der Waals surface area contributed by atoms with Crippen molar-refractivity contribution in [1.29, 1.82) is 0 Å². The molecule has 11 amide bonds. The van der Waals surface area contributed by atoms with Gasteiger partial charge in [-0.2, -0.15) is 0 Å². The van der Waals surface area contributed by atoms with Crippen molar-refractivity contribution in [3.8, 4) is 0 Å². The molecule has 1 aromatic heterocycles. The summed E-state index contributed by atoms with van der Waals surface area (Å²) in [6.45, 7) is 3.31. The lowest BCUT2D eigenvalue weighted by atomic mass is 9.97. The van der Waals surface area contributed by atoms with Crippen molar-refractivity contribution < 1.29 is 72.9 Å². The number of aromatic nitrogens is 1. The largest absolute Gasteiger partial charge is 0.480 e. The number of fused-ring (bicyclic) bond motifs is 1. The van der Waals surface area contributed by atoms with Crippen molar-refractivity contribution in [2.45, 2.75) is 152 Å². The summed E-state index contributed by atoms with van der Waals surface area (Å²) in [6, 6.07) is -7.00. The number of para-hydroxylation sites is 1. The van der Waals surface area contributed by atoms with Gasteiger partial charge in [-0.3, -0.25) is 57.7 Å². The normalized spacial score (nSPS) is 16.8. The molecule has 11 atom stereocenters. The van der Waals surface area contributed by atoms with Crippen LogP contribution in [-0.2, 0) is 64.0 Å². The number of aliphatic carboxylic acids is 1. The van der Waals surface area contributed by atoms with Crippen molar-refractivity contribution in [3.63, 3.8) is 0 Å². The van der Waals surface area contributed by atoms with E-state index in [-0.39, 0.29) is 70.4 Å². The maximum Gasteiger partial charge on any atom is 0.328 e. The van der Waals surface area contributed by atoms with E-state index >= 15 is 0 Å². The van der Waals surface area contributed by atoms with Gasteiger partial charge in [-0.05, 0) is 63.0 Å². The highest BCUT2D eigenvalue weighted by molar-refractivity contribution is 6.00. The minimum atomic E-state index is -1.91. The van der Waals surface area contributed by atoms with E-state index in [0.717, 1.165) is 0 Å². The number of nitrogens with two attached hydrogens (primary N) is 6. The van der Waals surface area contributed by atoms with Gasteiger partial charge in [0.05, 0.1) is 25.2 Å². The van der Waals surface area contributed by atoms with Gasteiger partial charge in [-0.15, -0.1) is 0 Å². The molecule has 3 rings (SSSR count). The predicted molar refractivity (Wildman–Crippen MR) is 285 cm³/mol. The number of primary amides is 3. The van der Waals surface area contributed by atoms with Crippen LogP contribution < -0.4 is 71.6 Å². The summed E-state index contributed by atoms with van der Waals surface area (Å²) in [5, 5.41) is 47.4. The number of nitrogens with zero attached hydrogens (tertiary/aromatic N) is 2. The number of aromatic amines is 1. The Balaban J connectivity index is 1.94. The zero-order valence-corrected chi connectivity index (χ0v) is 44.7. The Labute approximate surface area is 459 Å². The van der Waals surface area contributed by atoms with Gasteiger partial charge in [0.15, 0.2) is 12.0 Å². The number of carboxylic acids is 1. The molecule has 0 saturated carbocycles. The van der Waals surface area contributed by atoms with Crippen LogP contribution in [-0.4, -0.2) is 182 Å². The lowest BCUT2D eigenvalue weighted by Crippen LogP contribution is -2.61. The number of aliphatic hydroxyl groups is 2. The number of hydrogen-bond acceptors (Lipinski definition) is 16. The molecule has 0 aliphatic carbocycles. The molecule has 0 bridgehead atoms. The number of aliphatic hydroxyl groups excluding tert-OH is 2. The van der Waals surface area contributed by atoms with Crippen LogP contribution in [0.25, 0.3) is 10.9 Å². The number of H-pyrrole nitrogens is 1. The second-order valence-corrected chi connectivity index (χ2v) is 19.4. The van der Waals surface area contributed by atoms with Crippen molar-refractivity contribution in [2.24, 2.45) is 45.3 Å². The van der Waals surface area contributed by atoms with E-state index in [2.05, 4.69) is 47.2 Å². The van der Waals surface area contributed by atoms with Gasteiger partial charge in [0.2, 0.25) is 65.0 Å². The zero-order chi connectivity index (χ0) is 60.0. The summed E-state index contributed by atoms with van der Waals surface area (Å²) in [5.74, 6) is -13.1. The van der Waals surface area contributed by atoms with Crippen molar-refractivity contribution in [1.82, 2.24) is 47.1 Å². The van der Waals surface area contributed by atoms with Crippen LogP contribution in [0.1, 0.15) is 90.5 Å². The molecule has 442 valence electrons. The molecule has 0 unspecified atom stereocenters. The highest BCUT2D eigenvalue weighted by Gasteiger charge is 2.42. The number of benzene rings is 1. The minimum Gasteiger partial charge on any atom is -0.480 e. The summed E-state index contributed by atoms with van der Waals surface area (Å²) >= 11 is 0. The van der Waals surface area contributed by atoms with Crippen molar-refractivity contribution in [2.75, 3.05) is 19.7 Å². The number of hydrogen-bond donors (Lipinski definition) is 17. The molecule has 2 heterocycles. The van der Waals surface area contributed by atoms with Crippen LogP contribution in [0, 0.1) is 5.92 Å². The first-order chi connectivity index (χ1) is 37.7. The van der Waals surface area contributed by atoms with Crippen molar-refractivity contribution >= 4 is 87.8 Å². The average Bonchev–Trinajstić information content (AvgIpc) is 4.06. The topological polar surface area (TPSA) is 537 Å². The number of carboxylic acid groups (broad SMARTS) is 1. The fraction of sp³-hybridized carbons (Fsp3) is 0.571. The number of aliphatic imine (C=N–C) groups is 1. The summed E-state index contributed by atoms with van der Waals surface area (Å²) in [5.41, 5.74) is 33.9. The monoisotopic (exact) mass is 1130 g/mol. The van der Waals surface area contributed by atoms with E-state index in [1.54, 1.807) is 44.3 Å². The smallest absolute Gasteiger partial charge is 0.328 e. The van der Waals surface area contributed by atoms with Crippen LogP contribution in [0.4, 0.5) is 0 Å². The second kappa shape index (κ2) is 31.8. The Morgan fingerprint density at radius 1 is 0.700 bits per heavy atom. The molecule has 1 fully saturated rings. The lowest BCUT2D eigenvalue weighted by molar-refractivity contribution is -0.146. The molecule has 23 N–H and O–H groups in total. The van der Waals surface area contributed by atoms with Crippen LogP contribution >= 0.6 is 0 Å². The first kappa shape index (κ1) is 65.8. The van der Waals surface area contributed by atoms with Crippen LogP contribution in [0.15, 0.2) is 35.5 Å². The number of likely N-dealkylation sites (tertiary alicyclic amines) is 1. The predicted octanol–water partition coefficient (Wildman–Crippen LogP) is -6.61. The Morgan fingerprint density at radius 2 is 1.26 bits per heavy atom. The first-order valence-corrected chi connectivity index (χ1v) is 25.8. The SMILES string of the molecule is CC[C@H](C)[C@H](NC(=O)[C@@H]1CCCN1C(=O)[C@H](Cc1c[nH]c2ccccc12)NC(=O)[C@H](CC(N)=O)NC(=O)[C@H](CO)NC(=O)[C@H](CCCN=C(N)N)NC(=O)[C@H](CCC(N)=O)NC(=O)[C@@H](N)CCC(N)=O)C(=O)N[C@H](C(=O)O)[C@@H](C)O. The van der Waals surface area contributed by atoms with E-state index in [9.17, 15) is 72.9 Å². The molecule has 31 nitrogen and oxygen atoms in total. The Morgan fingerprint density at radius 3 is 1.85 bits per heavy atom. The minimum absolute atomic E-state index is 0.00914. The third-order valence-corrected chi connectivity index (χ3v) is 13.2. The highest BCUT2D eigenvalue weighted by atomic mass is 16.4. The standard InChI is InChI=1S/C49H76N16O15/c1-4-23(2)38(46(77)64-39(24(3)67)48(79)80)63-45(76)34-12-8-18-65(34)47(78)32(19-25-21-57-28-10-6-5-9-26(25)28)61-43(74)31(20-37(53)70)60-44(75)33(22-66)62-41(72)29(11-7-17-56-49(54)55)59-42(73)30(14-16-36(52)69)58-40(71)27(50)13-15-35(51)68/h5-6,9-10,21,23-24,27,29-34,38-39,57,66-67H,4,7-8,11-20,22,50H2,1-3H3,(H2,51,68)(H2,52,69)(H2,53,70)(H,58,71)(H,59,73)(H,60,75)(H,61,74)(H,62,72)(H,63,76)(H,64,77)(H,79,80)(H4,54,55,56)/t23-,24+,27-,29-,30-,31-,32-,33-,34-,38-,39-/m0/s1. The molecule has 1 saturated heterocycles.